The average molecular weight is 224 g/mol. The van der Waals surface area contributed by atoms with Crippen molar-refractivity contribution in [3.05, 3.63) is 30.1 Å². The molecule has 0 aromatic carbocycles. The Morgan fingerprint density at radius 3 is 2.42 bits per heavy atom. The van der Waals surface area contributed by atoms with E-state index in [4.69, 9.17) is 34.8 Å². The zero-order valence-electron chi connectivity index (χ0n) is 5.80. The fourth-order valence-corrected chi connectivity index (χ4v) is 0.933. The molecule has 0 fully saturated rings. The van der Waals surface area contributed by atoms with Gasteiger partial charge in [-0.1, -0.05) is 40.9 Å². The summed E-state index contributed by atoms with van der Waals surface area (Å²) in [6, 6.07) is 4.82. The van der Waals surface area contributed by atoms with Crippen molar-refractivity contribution in [1.29, 1.82) is 0 Å². The maximum absolute atomic E-state index is 11.2. The first-order chi connectivity index (χ1) is 5.52. The van der Waals surface area contributed by atoms with Crippen molar-refractivity contribution in [2.24, 2.45) is 0 Å². The van der Waals surface area contributed by atoms with E-state index in [1.807, 2.05) is 0 Å². The van der Waals surface area contributed by atoms with Gasteiger partial charge in [0.2, 0.25) is 5.78 Å². The van der Waals surface area contributed by atoms with Gasteiger partial charge in [0.1, 0.15) is 5.69 Å². The smallest absolute Gasteiger partial charge is 0.255 e. The molecule has 64 valence electrons. The Morgan fingerprint density at radius 2 is 2.00 bits per heavy atom. The Balaban J connectivity index is 2.94. The van der Waals surface area contributed by atoms with Gasteiger partial charge in [0.05, 0.1) is 0 Å². The Bertz CT molecular complexity index is 280. The highest BCUT2D eigenvalue weighted by Crippen LogP contribution is 2.29. The molecule has 0 aliphatic carbocycles. The molecule has 2 nitrogen and oxygen atoms in total. The van der Waals surface area contributed by atoms with Crippen LogP contribution in [0.3, 0.4) is 0 Å². The lowest BCUT2D eigenvalue weighted by Crippen LogP contribution is -2.19. The van der Waals surface area contributed by atoms with E-state index >= 15 is 0 Å². The molecule has 0 aliphatic heterocycles. The second kappa shape index (κ2) is 3.60. The lowest BCUT2D eigenvalue weighted by molar-refractivity contribution is 0.0991. The van der Waals surface area contributed by atoms with Crippen molar-refractivity contribution in [3.63, 3.8) is 0 Å². The number of nitrogens with zero attached hydrogens (tertiary/aromatic N) is 1. The standard InChI is InChI=1S/C7H4Cl3NO/c8-7(9,10)6(12)5-3-1-2-4-11-5/h1-4H. The van der Waals surface area contributed by atoms with Gasteiger partial charge in [0, 0.05) is 6.20 Å². The number of alkyl halides is 3. The third-order valence-corrected chi connectivity index (χ3v) is 1.67. The van der Waals surface area contributed by atoms with Crippen LogP contribution in [-0.2, 0) is 0 Å². The maximum Gasteiger partial charge on any atom is 0.255 e. The predicted octanol–water partition coefficient (Wildman–Crippen LogP) is 2.63. The number of hydrogen-bond acceptors (Lipinski definition) is 2. The van der Waals surface area contributed by atoms with Gasteiger partial charge in [0.15, 0.2) is 0 Å². The maximum atomic E-state index is 11.2. The van der Waals surface area contributed by atoms with Crippen molar-refractivity contribution in [2.75, 3.05) is 0 Å². The summed E-state index contributed by atoms with van der Waals surface area (Å²) in [5.41, 5.74) is 0.150. The molecule has 1 aromatic heterocycles. The monoisotopic (exact) mass is 223 g/mol. The van der Waals surface area contributed by atoms with Crippen LogP contribution in [0.25, 0.3) is 0 Å². The Kier molecular flexibility index (Phi) is 2.94. The number of Topliss-reactive ketones (excluding diaryl/α,β-unsaturated/α-hetero) is 1. The van der Waals surface area contributed by atoms with Crippen molar-refractivity contribution < 1.29 is 4.79 Å². The Hall–Kier alpha value is -0.310. The summed E-state index contributed by atoms with van der Waals surface area (Å²) < 4.78 is -1.92. The zero-order valence-corrected chi connectivity index (χ0v) is 8.07. The first-order valence-electron chi connectivity index (χ1n) is 3.04. The highest BCUT2D eigenvalue weighted by atomic mass is 35.6. The second-order valence-corrected chi connectivity index (χ2v) is 4.32. The van der Waals surface area contributed by atoms with Crippen LogP contribution in [0.1, 0.15) is 10.5 Å². The minimum atomic E-state index is -1.92. The van der Waals surface area contributed by atoms with E-state index in [2.05, 4.69) is 4.98 Å². The summed E-state index contributed by atoms with van der Waals surface area (Å²) in [5, 5.41) is 0. The number of carbonyl (C=O) groups excluding carboxylic acids is 1. The average Bonchev–Trinajstić information content (AvgIpc) is 2.03. The molecule has 0 atom stereocenters. The predicted molar refractivity (Wildman–Crippen MR) is 48.9 cm³/mol. The van der Waals surface area contributed by atoms with Gasteiger partial charge in [0.25, 0.3) is 3.79 Å². The molecule has 1 aromatic rings. The molecule has 1 rings (SSSR count). The molecular formula is C7H4Cl3NO. The number of pyridine rings is 1. The van der Waals surface area contributed by atoms with Crippen molar-refractivity contribution in [2.45, 2.75) is 3.79 Å². The van der Waals surface area contributed by atoms with Gasteiger partial charge >= 0.3 is 0 Å². The summed E-state index contributed by atoms with van der Waals surface area (Å²) in [6.07, 6.45) is 1.46. The quantitative estimate of drug-likeness (QED) is 0.542. The molecule has 0 aliphatic rings. The molecule has 0 bridgehead atoms. The van der Waals surface area contributed by atoms with E-state index in [9.17, 15) is 4.79 Å². The van der Waals surface area contributed by atoms with Crippen LogP contribution in [0, 0.1) is 0 Å². The topological polar surface area (TPSA) is 30.0 Å². The first kappa shape index (κ1) is 9.78. The zero-order chi connectivity index (χ0) is 9.19. The van der Waals surface area contributed by atoms with Gasteiger partial charge in [-0.2, -0.15) is 0 Å². The van der Waals surface area contributed by atoms with Crippen LogP contribution in [0.2, 0.25) is 0 Å². The molecule has 1 heterocycles. The van der Waals surface area contributed by atoms with Crippen LogP contribution >= 0.6 is 34.8 Å². The van der Waals surface area contributed by atoms with Gasteiger partial charge in [-0.05, 0) is 12.1 Å². The van der Waals surface area contributed by atoms with Crippen molar-refractivity contribution >= 4 is 40.6 Å². The molecule has 0 saturated carbocycles. The highest BCUT2D eigenvalue weighted by molar-refractivity contribution is 6.77. The normalized spacial score (nSPS) is 11.2. The number of rotatable bonds is 1. The molecule has 0 unspecified atom stereocenters. The molecule has 0 amide bonds. The molecule has 0 radical (unpaired) electrons. The Labute approximate surface area is 84.5 Å². The minimum absolute atomic E-state index is 0.150. The van der Waals surface area contributed by atoms with Crippen LogP contribution in [0.15, 0.2) is 24.4 Å². The number of aromatic nitrogens is 1. The lowest BCUT2D eigenvalue weighted by atomic mass is 10.3. The van der Waals surface area contributed by atoms with Crippen molar-refractivity contribution in [3.8, 4) is 0 Å². The van der Waals surface area contributed by atoms with E-state index in [0.717, 1.165) is 0 Å². The third kappa shape index (κ3) is 2.34. The van der Waals surface area contributed by atoms with Gasteiger partial charge in [-0.3, -0.25) is 9.78 Å². The van der Waals surface area contributed by atoms with Crippen molar-refractivity contribution in [1.82, 2.24) is 4.98 Å². The summed E-state index contributed by atoms with van der Waals surface area (Å²) in [5.74, 6) is -0.617. The summed E-state index contributed by atoms with van der Waals surface area (Å²) in [7, 11) is 0. The third-order valence-electron chi connectivity index (χ3n) is 1.15. The molecule has 5 heteroatoms. The number of hydrogen-bond donors (Lipinski definition) is 0. The van der Waals surface area contributed by atoms with E-state index < -0.39 is 9.58 Å². The number of ketones is 1. The largest absolute Gasteiger partial charge is 0.288 e. The van der Waals surface area contributed by atoms with E-state index in [0.29, 0.717) is 0 Å². The molecule has 0 spiro atoms. The molecule has 12 heavy (non-hydrogen) atoms. The number of halogens is 3. The summed E-state index contributed by atoms with van der Waals surface area (Å²) in [6.45, 7) is 0. The van der Waals surface area contributed by atoms with Crippen LogP contribution in [0.4, 0.5) is 0 Å². The SMILES string of the molecule is O=C(c1ccccn1)C(Cl)(Cl)Cl. The lowest BCUT2D eigenvalue weighted by Gasteiger charge is -2.07. The van der Waals surface area contributed by atoms with E-state index in [1.54, 1.807) is 12.1 Å². The summed E-state index contributed by atoms with van der Waals surface area (Å²) in [4.78, 5) is 15.0. The van der Waals surface area contributed by atoms with Crippen LogP contribution in [0.5, 0.6) is 0 Å². The molecule has 0 N–H and O–H groups in total. The van der Waals surface area contributed by atoms with Gasteiger partial charge in [-0.25, -0.2) is 0 Å². The second-order valence-electron chi connectivity index (χ2n) is 2.04. The number of carbonyl (C=O) groups is 1. The fourth-order valence-electron chi connectivity index (χ4n) is 0.642. The summed E-state index contributed by atoms with van der Waals surface area (Å²) >= 11 is 16.1. The highest BCUT2D eigenvalue weighted by Gasteiger charge is 2.32. The molecular weight excluding hydrogens is 220 g/mol. The van der Waals surface area contributed by atoms with Crippen LogP contribution in [-0.4, -0.2) is 14.6 Å². The molecule has 0 saturated heterocycles. The first-order valence-corrected chi connectivity index (χ1v) is 4.18. The Morgan fingerprint density at radius 1 is 1.33 bits per heavy atom. The van der Waals surface area contributed by atoms with Gasteiger partial charge < -0.3 is 0 Å². The fraction of sp³-hybridized carbons (Fsp3) is 0.143. The van der Waals surface area contributed by atoms with E-state index in [1.165, 1.54) is 12.3 Å². The minimum Gasteiger partial charge on any atom is -0.288 e. The van der Waals surface area contributed by atoms with Gasteiger partial charge in [-0.15, -0.1) is 0 Å². The van der Waals surface area contributed by atoms with E-state index in [-0.39, 0.29) is 5.69 Å². The van der Waals surface area contributed by atoms with Crippen LogP contribution < -0.4 is 0 Å².